The molecule has 0 radical (unpaired) electrons. The first-order valence-electron chi connectivity index (χ1n) is 6.35. The first-order valence-corrected chi connectivity index (χ1v) is 6.35. The average Bonchev–Trinajstić information content (AvgIpc) is 2.77. The fraction of sp³-hybridized carbons (Fsp3) is 0.462. The van der Waals surface area contributed by atoms with Gasteiger partial charge in [-0.25, -0.2) is 9.18 Å². The third kappa shape index (κ3) is 2.56. The number of carbonyl (C=O) groups is 1. The highest BCUT2D eigenvalue weighted by Crippen LogP contribution is 2.35. The highest BCUT2D eigenvalue weighted by Gasteiger charge is 2.36. The van der Waals surface area contributed by atoms with Crippen LogP contribution in [-0.4, -0.2) is 36.8 Å². The molecule has 0 aromatic heterocycles. The summed E-state index contributed by atoms with van der Waals surface area (Å²) in [6.45, 7) is 1.40. The molecule has 1 aliphatic rings. The van der Waals surface area contributed by atoms with Crippen LogP contribution in [0.4, 0.5) is 15.8 Å². The summed E-state index contributed by atoms with van der Waals surface area (Å²) < 4.78 is 17.6. The Morgan fingerprint density at radius 3 is 2.95 bits per heavy atom. The van der Waals surface area contributed by atoms with Crippen LogP contribution in [0, 0.1) is 10.1 Å². The van der Waals surface area contributed by atoms with E-state index in [0.717, 1.165) is 0 Å². The zero-order valence-corrected chi connectivity index (χ0v) is 11.0. The zero-order valence-electron chi connectivity index (χ0n) is 11.0. The maximum absolute atomic E-state index is 12.7. The van der Waals surface area contributed by atoms with Gasteiger partial charge >= 0.3 is 5.97 Å². The van der Waals surface area contributed by atoms with Crippen LogP contribution < -0.4 is 4.90 Å². The lowest BCUT2D eigenvalue weighted by molar-refractivity contribution is -0.384. The van der Waals surface area contributed by atoms with Gasteiger partial charge in [-0.15, -0.1) is 0 Å². The van der Waals surface area contributed by atoms with Crippen molar-refractivity contribution in [1.82, 2.24) is 0 Å². The molecule has 1 atom stereocenters. The van der Waals surface area contributed by atoms with Gasteiger partial charge in [0.05, 0.1) is 11.5 Å². The molecular formula is C13H15FN2O4. The Morgan fingerprint density at radius 2 is 2.35 bits per heavy atom. The molecule has 2 rings (SSSR count). The lowest BCUT2D eigenvalue weighted by Crippen LogP contribution is -2.41. The van der Waals surface area contributed by atoms with E-state index in [1.54, 1.807) is 17.9 Å². The van der Waals surface area contributed by atoms with Gasteiger partial charge in [-0.3, -0.25) is 10.1 Å². The van der Waals surface area contributed by atoms with Crippen LogP contribution in [0.5, 0.6) is 0 Å². The van der Waals surface area contributed by atoms with Crippen LogP contribution >= 0.6 is 0 Å². The molecule has 1 aromatic rings. The summed E-state index contributed by atoms with van der Waals surface area (Å²) in [5.41, 5.74) is 1.30. The van der Waals surface area contributed by atoms with Crippen molar-refractivity contribution in [3.05, 3.63) is 33.9 Å². The predicted molar refractivity (Wildman–Crippen MR) is 70.5 cm³/mol. The van der Waals surface area contributed by atoms with E-state index in [0.29, 0.717) is 17.7 Å². The number of hydrogen-bond acceptors (Lipinski definition) is 5. The first kappa shape index (κ1) is 14.2. The molecular weight excluding hydrogens is 267 g/mol. The van der Waals surface area contributed by atoms with E-state index in [1.807, 2.05) is 0 Å². The molecule has 1 heterocycles. The van der Waals surface area contributed by atoms with Crippen molar-refractivity contribution in [1.29, 1.82) is 0 Å². The Balaban J connectivity index is 2.32. The average molecular weight is 282 g/mol. The maximum atomic E-state index is 12.7. The number of rotatable bonds is 5. The normalized spacial score (nSPS) is 16.9. The van der Waals surface area contributed by atoms with Crippen molar-refractivity contribution >= 4 is 17.3 Å². The van der Waals surface area contributed by atoms with Crippen molar-refractivity contribution in [2.75, 3.05) is 24.7 Å². The third-order valence-corrected chi connectivity index (χ3v) is 3.26. The number of anilines is 1. The lowest BCUT2D eigenvalue weighted by atomic mass is 10.1. The minimum Gasteiger partial charge on any atom is -0.464 e. The summed E-state index contributed by atoms with van der Waals surface area (Å²) in [5.74, 6) is -0.431. The number of halogens is 1. The molecule has 0 aliphatic carbocycles. The quantitative estimate of drug-likeness (QED) is 0.468. The number of nitrogens with zero attached hydrogens (tertiary/aromatic N) is 2. The van der Waals surface area contributed by atoms with Crippen LogP contribution in [-0.2, 0) is 16.0 Å². The van der Waals surface area contributed by atoms with E-state index in [1.165, 1.54) is 12.1 Å². The standard InChI is InChI=1S/C13H15FN2O4/c1-2-20-13(17)12-8-9-7-10(16(18)19)3-4-11(9)15(12)6-5-14/h3-4,7,12H,2,5-6,8H2,1H3. The number of carbonyl (C=O) groups excluding carboxylic acids is 1. The van der Waals surface area contributed by atoms with E-state index in [4.69, 9.17) is 4.74 Å². The highest BCUT2D eigenvalue weighted by atomic mass is 19.1. The molecule has 1 aromatic carbocycles. The molecule has 0 saturated heterocycles. The minimum atomic E-state index is -0.609. The van der Waals surface area contributed by atoms with Crippen molar-refractivity contribution in [3.8, 4) is 0 Å². The number of fused-ring (bicyclic) bond motifs is 1. The monoisotopic (exact) mass is 282 g/mol. The highest BCUT2D eigenvalue weighted by molar-refractivity contribution is 5.84. The zero-order chi connectivity index (χ0) is 14.7. The summed E-state index contributed by atoms with van der Waals surface area (Å²) in [5, 5.41) is 10.8. The van der Waals surface area contributed by atoms with Crippen LogP contribution in [0.3, 0.4) is 0 Å². The van der Waals surface area contributed by atoms with E-state index in [-0.39, 0.29) is 18.8 Å². The van der Waals surface area contributed by atoms with E-state index in [9.17, 15) is 19.3 Å². The van der Waals surface area contributed by atoms with Gasteiger partial charge in [-0.2, -0.15) is 0 Å². The largest absolute Gasteiger partial charge is 0.464 e. The summed E-state index contributed by atoms with van der Waals surface area (Å²) in [4.78, 5) is 23.8. The Hall–Kier alpha value is -2.18. The second-order valence-corrected chi connectivity index (χ2v) is 4.42. The summed E-state index contributed by atoms with van der Waals surface area (Å²) >= 11 is 0. The Labute approximate surface area is 115 Å². The number of esters is 1. The molecule has 108 valence electrons. The van der Waals surface area contributed by atoms with Gasteiger partial charge in [0.2, 0.25) is 0 Å². The molecule has 6 nitrogen and oxygen atoms in total. The van der Waals surface area contributed by atoms with Crippen molar-refractivity contribution in [2.45, 2.75) is 19.4 Å². The second-order valence-electron chi connectivity index (χ2n) is 4.42. The van der Waals surface area contributed by atoms with Gasteiger partial charge in [0, 0.05) is 30.8 Å². The molecule has 0 bridgehead atoms. The summed E-state index contributed by atoms with van der Waals surface area (Å²) in [6, 6.07) is 3.74. The smallest absolute Gasteiger partial charge is 0.329 e. The van der Waals surface area contributed by atoms with Crippen LogP contribution in [0.1, 0.15) is 12.5 Å². The molecule has 0 spiro atoms. The summed E-state index contributed by atoms with van der Waals surface area (Å²) in [7, 11) is 0. The van der Waals surface area contributed by atoms with E-state index >= 15 is 0 Å². The van der Waals surface area contributed by atoms with Crippen LogP contribution in [0.25, 0.3) is 0 Å². The van der Waals surface area contributed by atoms with E-state index in [2.05, 4.69) is 0 Å². The van der Waals surface area contributed by atoms with Crippen molar-refractivity contribution < 1.29 is 18.8 Å². The summed E-state index contributed by atoms with van der Waals surface area (Å²) in [6.07, 6.45) is 0.301. The molecule has 7 heteroatoms. The molecule has 0 N–H and O–H groups in total. The number of alkyl halides is 1. The first-order chi connectivity index (χ1) is 9.58. The number of hydrogen-bond donors (Lipinski definition) is 0. The lowest BCUT2D eigenvalue weighted by Gasteiger charge is -2.24. The Bertz CT molecular complexity index is 535. The third-order valence-electron chi connectivity index (χ3n) is 3.26. The topological polar surface area (TPSA) is 72.7 Å². The number of benzene rings is 1. The molecule has 0 saturated carbocycles. The Kier molecular flexibility index (Phi) is 4.16. The Morgan fingerprint density at radius 1 is 1.60 bits per heavy atom. The van der Waals surface area contributed by atoms with Gasteiger partial charge in [-0.05, 0) is 18.6 Å². The van der Waals surface area contributed by atoms with Crippen LogP contribution in [0.15, 0.2) is 18.2 Å². The second kappa shape index (κ2) is 5.85. The fourth-order valence-corrected chi connectivity index (χ4v) is 2.43. The van der Waals surface area contributed by atoms with Gasteiger partial charge in [0.1, 0.15) is 12.7 Å². The van der Waals surface area contributed by atoms with Gasteiger partial charge in [0.15, 0.2) is 0 Å². The van der Waals surface area contributed by atoms with Crippen molar-refractivity contribution in [2.24, 2.45) is 0 Å². The minimum absolute atomic E-state index is 0.0338. The van der Waals surface area contributed by atoms with E-state index < -0.39 is 23.6 Å². The van der Waals surface area contributed by atoms with Gasteiger partial charge in [-0.1, -0.05) is 0 Å². The molecule has 1 unspecified atom stereocenters. The number of non-ortho nitro benzene ring substituents is 1. The van der Waals surface area contributed by atoms with Crippen LogP contribution in [0.2, 0.25) is 0 Å². The number of nitro groups is 1. The SMILES string of the molecule is CCOC(=O)C1Cc2cc([N+](=O)[O-])ccc2N1CCF. The number of ether oxygens (including phenoxy) is 1. The van der Waals surface area contributed by atoms with Gasteiger partial charge < -0.3 is 9.64 Å². The fourth-order valence-electron chi connectivity index (χ4n) is 2.43. The molecule has 0 amide bonds. The number of nitro benzene ring substituents is 1. The molecule has 0 fully saturated rings. The van der Waals surface area contributed by atoms with Gasteiger partial charge in [0.25, 0.3) is 5.69 Å². The molecule has 20 heavy (non-hydrogen) atoms. The molecule has 1 aliphatic heterocycles. The van der Waals surface area contributed by atoms with Crippen molar-refractivity contribution in [3.63, 3.8) is 0 Å². The maximum Gasteiger partial charge on any atom is 0.329 e. The predicted octanol–water partition coefficient (Wildman–Crippen LogP) is 1.86.